The minimum Gasteiger partial charge on any atom is -0.480 e. The van der Waals surface area contributed by atoms with Crippen LogP contribution < -0.4 is 0 Å². The summed E-state index contributed by atoms with van der Waals surface area (Å²) in [5, 5.41) is 15.6. The van der Waals surface area contributed by atoms with Crippen LogP contribution in [0.5, 0.6) is 0 Å². The Morgan fingerprint density at radius 2 is 2.26 bits per heavy atom. The van der Waals surface area contributed by atoms with Gasteiger partial charge in [-0.3, -0.25) is 0 Å². The van der Waals surface area contributed by atoms with E-state index in [4.69, 9.17) is 25.9 Å². The summed E-state index contributed by atoms with van der Waals surface area (Å²) in [5.74, 6) is -1.77. The van der Waals surface area contributed by atoms with E-state index in [2.05, 4.69) is 10.2 Å². The van der Waals surface area contributed by atoms with Crippen molar-refractivity contribution >= 4 is 17.6 Å². The van der Waals surface area contributed by atoms with E-state index in [0.717, 1.165) is 0 Å². The number of aliphatic carboxylic acids is 1. The first kappa shape index (κ1) is 13.4. The monoisotopic (exact) mass is 286 g/mol. The molecule has 0 bridgehead atoms. The molecule has 100 valence electrons. The van der Waals surface area contributed by atoms with Crippen LogP contribution in [0, 0.1) is 5.82 Å². The first-order valence-electron chi connectivity index (χ1n) is 5.14. The number of halogens is 2. The predicted octanol–water partition coefficient (Wildman–Crippen LogP) is 2.13. The molecule has 8 heteroatoms. The van der Waals surface area contributed by atoms with Gasteiger partial charge >= 0.3 is 5.97 Å². The standard InChI is InChI=1S/C11H8ClFN2O4/c12-7-3-1-2-6(10(7)13)11-15-14-8(19-11)4-18-5-9(16)17/h1-3H,4-5H2,(H,16,17). The lowest BCUT2D eigenvalue weighted by molar-refractivity contribution is -0.142. The van der Waals surface area contributed by atoms with Crippen molar-refractivity contribution in [3.05, 3.63) is 34.9 Å². The second kappa shape index (κ2) is 5.77. The highest BCUT2D eigenvalue weighted by atomic mass is 35.5. The third-order valence-electron chi connectivity index (χ3n) is 2.10. The van der Waals surface area contributed by atoms with E-state index in [1.807, 2.05) is 0 Å². The molecule has 0 unspecified atom stereocenters. The summed E-state index contributed by atoms with van der Waals surface area (Å²) in [6.45, 7) is -0.648. The molecule has 0 spiro atoms. The van der Waals surface area contributed by atoms with Crippen molar-refractivity contribution in [2.75, 3.05) is 6.61 Å². The predicted molar refractivity (Wildman–Crippen MR) is 62.0 cm³/mol. The third-order valence-corrected chi connectivity index (χ3v) is 2.39. The van der Waals surface area contributed by atoms with Crippen molar-refractivity contribution in [2.24, 2.45) is 0 Å². The minimum absolute atomic E-state index is 0.0473. The van der Waals surface area contributed by atoms with Crippen molar-refractivity contribution in [1.29, 1.82) is 0 Å². The van der Waals surface area contributed by atoms with Crippen LogP contribution in [0.3, 0.4) is 0 Å². The van der Waals surface area contributed by atoms with Gasteiger partial charge in [0.15, 0.2) is 5.82 Å². The van der Waals surface area contributed by atoms with Crippen molar-refractivity contribution < 1.29 is 23.4 Å². The van der Waals surface area contributed by atoms with Gasteiger partial charge in [0.2, 0.25) is 5.89 Å². The number of benzene rings is 1. The zero-order valence-corrected chi connectivity index (χ0v) is 10.2. The number of ether oxygens (including phenoxy) is 1. The van der Waals surface area contributed by atoms with E-state index in [0.29, 0.717) is 0 Å². The number of hydrogen-bond donors (Lipinski definition) is 1. The molecule has 0 radical (unpaired) electrons. The Morgan fingerprint density at radius 3 is 3.00 bits per heavy atom. The smallest absolute Gasteiger partial charge is 0.329 e. The Hall–Kier alpha value is -1.99. The van der Waals surface area contributed by atoms with Crippen LogP contribution in [0.25, 0.3) is 11.5 Å². The Labute approximate surface area is 111 Å². The quantitative estimate of drug-likeness (QED) is 0.906. The number of rotatable bonds is 5. The molecule has 1 aromatic heterocycles. The number of aromatic nitrogens is 2. The largest absolute Gasteiger partial charge is 0.480 e. The molecule has 2 aromatic rings. The summed E-state index contributed by atoms with van der Waals surface area (Å²) < 4.78 is 23.6. The summed E-state index contributed by atoms with van der Waals surface area (Å²) in [6.07, 6.45) is 0. The molecule has 6 nitrogen and oxygen atoms in total. The number of carboxylic acids is 1. The molecule has 2 rings (SSSR count). The third kappa shape index (κ3) is 3.27. The molecule has 0 aliphatic rings. The van der Waals surface area contributed by atoms with E-state index in [9.17, 15) is 9.18 Å². The molecule has 1 heterocycles. The minimum atomic E-state index is -1.11. The van der Waals surface area contributed by atoms with Crippen LogP contribution in [0.4, 0.5) is 4.39 Å². The molecule has 0 amide bonds. The average molecular weight is 287 g/mol. The lowest BCUT2D eigenvalue weighted by Crippen LogP contribution is -2.06. The first-order valence-corrected chi connectivity index (χ1v) is 5.52. The molecule has 0 aliphatic heterocycles. The van der Waals surface area contributed by atoms with Gasteiger partial charge in [0.1, 0.15) is 13.2 Å². The van der Waals surface area contributed by atoms with Crippen LogP contribution in [0.1, 0.15) is 5.89 Å². The molecule has 19 heavy (non-hydrogen) atoms. The molecule has 0 fully saturated rings. The van der Waals surface area contributed by atoms with E-state index in [1.165, 1.54) is 12.1 Å². The fraction of sp³-hybridized carbons (Fsp3) is 0.182. The molecular weight excluding hydrogens is 279 g/mol. The summed E-state index contributed by atoms with van der Waals surface area (Å²) in [5.41, 5.74) is 0.0736. The van der Waals surface area contributed by atoms with Gasteiger partial charge in [0, 0.05) is 0 Å². The zero-order chi connectivity index (χ0) is 13.8. The van der Waals surface area contributed by atoms with E-state index >= 15 is 0 Å². The highest BCUT2D eigenvalue weighted by Crippen LogP contribution is 2.26. The van der Waals surface area contributed by atoms with Crippen molar-refractivity contribution in [3.63, 3.8) is 0 Å². The van der Waals surface area contributed by atoms with E-state index in [1.54, 1.807) is 6.07 Å². The summed E-state index contributed by atoms with van der Waals surface area (Å²) in [6, 6.07) is 4.38. The summed E-state index contributed by atoms with van der Waals surface area (Å²) in [7, 11) is 0. The molecule has 1 aromatic carbocycles. The topological polar surface area (TPSA) is 85.5 Å². The lowest BCUT2D eigenvalue weighted by atomic mass is 10.2. The normalized spacial score (nSPS) is 10.6. The van der Waals surface area contributed by atoms with Gasteiger partial charge in [-0.25, -0.2) is 9.18 Å². The Kier molecular flexibility index (Phi) is 4.08. The zero-order valence-electron chi connectivity index (χ0n) is 9.47. The Morgan fingerprint density at radius 1 is 1.47 bits per heavy atom. The molecule has 0 saturated heterocycles. The van der Waals surface area contributed by atoms with E-state index < -0.39 is 18.4 Å². The van der Waals surface area contributed by atoms with Gasteiger partial charge < -0.3 is 14.3 Å². The van der Waals surface area contributed by atoms with Gasteiger partial charge in [0.25, 0.3) is 5.89 Å². The van der Waals surface area contributed by atoms with Crippen LogP contribution in [-0.2, 0) is 16.1 Å². The molecule has 0 atom stereocenters. The highest BCUT2D eigenvalue weighted by Gasteiger charge is 2.15. The number of carbonyl (C=O) groups is 1. The SMILES string of the molecule is O=C(O)COCc1nnc(-c2cccc(Cl)c2F)o1. The van der Waals surface area contributed by atoms with Gasteiger partial charge in [-0.15, -0.1) is 10.2 Å². The molecular formula is C11H8ClFN2O4. The first-order chi connectivity index (χ1) is 9.08. The van der Waals surface area contributed by atoms with Crippen molar-refractivity contribution in [2.45, 2.75) is 6.61 Å². The van der Waals surface area contributed by atoms with Gasteiger partial charge in [0.05, 0.1) is 10.6 Å². The van der Waals surface area contributed by atoms with Gasteiger partial charge in [-0.1, -0.05) is 17.7 Å². The maximum absolute atomic E-state index is 13.7. The Bertz CT molecular complexity index is 602. The second-order valence-electron chi connectivity index (χ2n) is 3.49. The van der Waals surface area contributed by atoms with Crippen molar-refractivity contribution in [1.82, 2.24) is 10.2 Å². The summed E-state index contributed by atoms with van der Waals surface area (Å²) in [4.78, 5) is 10.2. The Balaban J connectivity index is 2.12. The fourth-order valence-corrected chi connectivity index (χ4v) is 1.49. The summed E-state index contributed by atoms with van der Waals surface area (Å²) >= 11 is 5.63. The number of nitrogens with zero attached hydrogens (tertiary/aromatic N) is 2. The van der Waals surface area contributed by atoms with Gasteiger partial charge in [-0.2, -0.15) is 0 Å². The van der Waals surface area contributed by atoms with Gasteiger partial charge in [-0.05, 0) is 12.1 Å². The maximum Gasteiger partial charge on any atom is 0.329 e. The molecule has 0 saturated carbocycles. The maximum atomic E-state index is 13.7. The fourth-order valence-electron chi connectivity index (χ4n) is 1.32. The average Bonchev–Trinajstić information content (AvgIpc) is 2.81. The number of hydrogen-bond acceptors (Lipinski definition) is 5. The van der Waals surface area contributed by atoms with Crippen LogP contribution in [0.15, 0.2) is 22.6 Å². The van der Waals surface area contributed by atoms with Crippen LogP contribution in [-0.4, -0.2) is 27.9 Å². The van der Waals surface area contributed by atoms with Crippen LogP contribution in [0.2, 0.25) is 5.02 Å². The van der Waals surface area contributed by atoms with E-state index in [-0.39, 0.29) is 29.0 Å². The van der Waals surface area contributed by atoms with Crippen LogP contribution >= 0.6 is 11.6 Å². The molecule has 1 N–H and O–H groups in total. The highest BCUT2D eigenvalue weighted by molar-refractivity contribution is 6.31. The molecule has 0 aliphatic carbocycles. The van der Waals surface area contributed by atoms with Crippen molar-refractivity contribution in [3.8, 4) is 11.5 Å². The number of carboxylic acid groups (broad SMARTS) is 1. The second-order valence-corrected chi connectivity index (χ2v) is 3.90. The lowest BCUT2D eigenvalue weighted by Gasteiger charge is -1.99.